The van der Waals surface area contributed by atoms with Crippen molar-refractivity contribution >= 4 is 74.8 Å². The van der Waals surface area contributed by atoms with E-state index in [0.717, 1.165) is 12.8 Å². The van der Waals surface area contributed by atoms with Crippen molar-refractivity contribution in [3.8, 4) is 22.3 Å². The minimum atomic E-state index is -0.241. The average Bonchev–Trinajstić information content (AvgIpc) is 4.02. The summed E-state index contributed by atoms with van der Waals surface area (Å²) in [6, 6.07) is 52.6. The van der Waals surface area contributed by atoms with Crippen LogP contribution in [0.3, 0.4) is 0 Å². The van der Waals surface area contributed by atoms with Gasteiger partial charge in [-0.1, -0.05) is 119 Å². The Morgan fingerprint density at radius 1 is 0.482 bits per heavy atom. The molecular formula is C50H46Cl2O2SiZr-4. The van der Waals surface area contributed by atoms with E-state index in [9.17, 15) is 0 Å². The van der Waals surface area contributed by atoms with E-state index in [4.69, 9.17) is 9.47 Å². The fourth-order valence-electron chi connectivity index (χ4n) is 7.88. The van der Waals surface area contributed by atoms with E-state index in [2.05, 4.69) is 178 Å². The quantitative estimate of drug-likeness (QED) is 0.130. The Kier molecular flexibility index (Phi) is 15.0. The molecule has 0 bridgehead atoms. The molecule has 2 heterocycles. The third-order valence-corrected chi connectivity index (χ3v) is 10.7. The Labute approximate surface area is 361 Å². The van der Waals surface area contributed by atoms with Crippen molar-refractivity contribution in [3.05, 3.63) is 196 Å². The van der Waals surface area contributed by atoms with Gasteiger partial charge in [0.25, 0.3) is 0 Å². The van der Waals surface area contributed by atoms with Crippen LogP contribution in [0.1, 0.15) is 37.8 Å². The number of benzene rings is 6. The van der Waals surface area contributed by atoms with E-state index in [0.29, 0.717) is 0 Å². The fraction of sp³-hybridized carbons (Fsp3) is 0.120. The summed E-state index contributed by atoms with van der Waals surface area (Å²) in [5.41, 5.74) is 7.17. The number of rotatable bonds is 4. The molecule has 284 valence electrons. The molecule has 0 saturated heterocycles. The van der Waals surface area contributed by atoms with Gasteiger partial charge < -0.3 is 24.3 Å². The number of ether oxygens (including phenoxy) is 2. The molecular weight excluding hydrogens is 823 g/mol. The molecule has 0 amide bonds. The van der Waals surface area contributed by atoms with Crippen molar-refractivity contribution in [2.75, 3.05) is 0 Å². The summed E-state index contributed by atoms with van der Waals surface area (Å²) in [5, 5.41) is 10.3. The predicted octanol–water partition coefficient (Wildman–Crippen LogP) is 14.4. The number of halogens is 2. The van der Waals surface area contributed by atoms with E-state index in [-0.39, 0.29) is 50.9 Å². The Hall–Kier alpha value is -4.18. The number of fused-ring (bicyclic) bond motifs is 4. The topological polar surface area (TPSA) is 18.5 Å². The average molecular weight is 869 g/mol. The zero-order valence-corrected chi connectivity index (χ0v) is 37.3. The van der Waals surface area contributed by atoms with Crippen molar-refractivity contribution in [2.45, 2.75) is 37.9 Å². The number of hydrogen-bond donors (Lipinski definition) is 0. The third kappa shape index (κ3) is 8.27. The van der Waals surface area contributed by atoms with Gasteiger partial charge in [-0.05, 0) is 58.7 Å². The second-order valence-electron chi connectivity index (χ2n) is 14.0. The van der Waals surface area contributed by atoms with Crippen LogP contribution in [0.25, 0.3) is 65.3 Å². The molecule has 0 aliphatic carbocycles. The molecule has 2 nitrogen and oxygen atoms in total. The second-order valence-corrected chi connectivity index (χ2v) is 14.0. The molecule has 8 aromatic carbocycles. The Balaban J connectivity index is 0.000000223. The standard InChI is InChI=1S/2C24H19O.2CH3.2ClH.Si.Zr/c2*1-24(13-6-14-25-24)19-15-18-9-5-12-22(23(18)16-19)21-11-4-8-17-7-2-3-10-20(17)21;;;;;;/h2*2-12,14-16H,13H2,1H3;2*1H3;2*1H;;/q4*-1;;;;. The summed E-state index contributed by atoms with van der Waals surface area (Å²) < 4.78 is 11.8. The molecule has 2 aliphatic heterocycles. The summed E-state index contributed by atoms with van der Waals surface area (Å²) in [6.07, 6.45) is 9.69. The van der Waals surface area contributed by atoms with Crippen LogP contribution in [0.4, 0.5) is 0 Å². The van der Waals surface area contributed by atoms with Gasteiger partial charge in [0.05, 0.1) is 12.5 Å². The van der Waals surface area contributed by atoms with Gasteiger partial charge in [0.15, 0.2) is 0 Å². The van der Waals surface area contributed by atoms with Gasteiger partial charge in [-0.15, -0.1) is 82.8 Å². The van der Waals surface area contributed by atoms with Crippen LogP contribution in [-0.2, 0) is 44.0 Å². The molecule has 8 aromatic rings. The summed E-state index contributed by atoms with van der Waals surface area (Å²) in [5.74, 6) is 0. The molecule has 0 saturated carbocycles. The molecule has 2 unspecified atom stereocenters. The van der Waals surface area contributed by atoms with Crippen LogP contribution in [0.5, 0.6) is 0 Å². The SMILES string of the molecule is CC1(c2cc3c(-c4cccc5ccccc45)cccc3[cH-]2)CC=CO1.CC1(c2cc3c(-c4cccc5ccccc45)cccc3[cH-]2)CC=CO1.Cl.Cl.[CH3-].[CH3-].[Si]=[Zr]. The maximum absolute atomic E-state index is 5.89. The molecule has 0 N–H and O–H groups in total. The molecule has 6 heteroatoms. The molecule has 2 radical (unpaired) electrons. The maximum atomic E-state index is 5.89. The first-order valence-electron chi connectivity index (χ1n) is 17.8. The van der Waals surface area contributed by atoms with E-state index in [1.165, 1.54) is 99.8 Å². The van der Waals surface area contributed by atoms with Gasteiger partial charge in [-0.2, -0.15) is 12.1 Å². The predicted molar refractivity (Wildman–Crippen MR) is 242 cm³/mol. The molecule has 0 fully saturated rings. The molecule has 2 atom stereocenters. The van der Waals surface area contributed by atoms with Gasteiger partial charge in [0.2, 0.25) is 0 Å². The third-order valence-electron chi connectivity index (χ3n) is 10.7. The van der Waals surface area contributed by atoms with Gasteiger partial charge in [0.1, 0.15) is 11.2 Å². The zero-order chi connectivity index (χ0) is 35.7. The molecule has 0 spiro atoms. The summed E-state index contributed by atoms with van der Waals surface area (Å²) in [6.45, 7) is 7.39. The van der Waals surface area contributed by atoms with Gasteiger partial charge in [-0.25, -0.2) is 0 Å². The van der Waals surface area contributed by atoms with Crippen molar-refractivity contribution in [2.24, 2.45) is 0 Å². The van der Waals surface area contributed by atoms with Gasteiger partial charge in [0, 0.05) is 12.8 Å². The van der Waals surface area contributed by atoms with E-state index in [1.54, 1.807) is 0 Å². The van der Waals surface area contributed by atoms with Crippen molar-refractivity contribution in [1.29, 1.82) is 0 Å². The van der Waals surface area contributed by atoms with E-state index in [1.807, 2.05) is 12.5 Å². The van der Waals surface area contributed by atoms with Crippen LogP contribution in [0.15, 0.2) is 170 Å². The van der Waals surface area contributed by atoms with E-state index >= 15 is 0 Å². The molecule has 56 heavy (non-hydrogen) atoms. The molecule has 2 aliphatic rings. The van der Waals surface area contributed by atoms with Crippen molar-refractivity contribution in [3.63, 3.8) is 0 Å². The van der Waals surface area contributed by atoms with Crippen LogP contribution in [0.2, 0.25) is 0 Å². The van der Waals surface area contributed by atoms with Gasteiger partial charge >= 0.3 is 30.2 Å². The molecule has 10 rings (SSSR count). The molecule has 0 aromatic heterocycles. The summed E-state index contributed by atoms with van der Waals surface area (Å²) >= 11 is 1.36. The number of hydrogen-bond acceptors (Lipinski definition) is 2. The Morgan fingerprint density at radius 3 is 1.20 bits per heavy atom. The fourth-order valence-corrected chi connectivity index (χ4v) is 7.88. The van der Waals surface area contributed by atoms with Crippen molar-refractivity contribution in [1.82, 2.24) is 0 Å². The zero-order valence-electron chi connectivity index (χ0n) is 32.2. The monoisotopic (exact) mass is 866 g/mol. The Bertz CT molecular complexity index is 2430. The van der Waals surface area contributed by atoms with Crippen molar-refractivity contribution < 1.29 is 32.8 Å². The van der Waals surface area contributed by atoms with Gasteiger partial charge in [-0.3, -0.25) is 0 Å². The van der Waals surface area contributed by atoms with E-state index < -0.39 is 0 Å². The first kappa shape index (κ1) is 44.5. The first-order valence-corrected chi connectivity index (χ1v) is 21.9. The summed E-state index contributed by atoms with van der Waals surface area (Å²) in [4.78, 5) is 0. The normalized spacial score (nSPS) is 17.5. The minimum absolute atomic E-state index is 0. The second kappa shape index (κ2) is 18.8. The van der Waals surface area contributed by atoms with Crippen LogP contribution in [0, 0.1) is 14.9 Å². The van der Waals surface area contributed by atoms with Crippen LogP contribution >= 0.6 is 24.8 Å². The first-order chi connectivity index (χ1) is 25.5. The van der Waals surface area contributed by atoms with Crippen LogP contribution < -0.4 is 0 Å². The Morgan fingerprint density at radius 2 is 0.821 bits per heavy atom. The summed E-state index contributed by atoms with van der Waals surface area (Å²) in [7, 11) is 0. The van der Waals surface area contributed by atoms with Crippen LogP contribution in [-0.4, -0.2) is 6.88 Å².